The predicted molar refractivity (Wildman–Crippen MR) is 322 cm³/mol. The monoisotopic (exact) mass is 958 g/mol. The topological polar surface area (TPSA) is 3.24 Å². The van der Waals surface area contributed by atoms with E-state index in [0.29, 0.717) is 0 Å². The molecule has 11 rings (SSSR count). The first-order valence-corrected chi connectivity index (χ1v) is 27.6. The van der Waals surface area contributed by atoms with Crippen LogP contribution < -0.4 is 0 Å². The molecule has 0 aliphatic heterocycles. The third kappa shape index (κ3) is 12.1. The second-order valence-corrected chi connectivity index (χ2v) is 17.7. The first-order chi connectivity index (χ1) is 35.2. The number of hydrogen-bond acceptors (Lipinski definition) is 1. The molecular weight excluding hydrogens is 867 g/mol. The molecule has 1 nitrogen and oxygen atoms in total. The Hall–Kier alpha value is -6.28. The van der Waals surface area contributed by atoms with E-state index in [1.165, 1.54) is 83.5 Å². The van der Waals surface area contributed by atoms with E-state index in [1.807, 2.05) is 83.1 Å². The van der Waals surface area contributed by atoms with E-state index in [-0.39, 0.29) is 16.2 Å². The maximum absolute atomic E-state index is 2.40. The lowest BCUT2D eigenvalue weighted by Crippen LogP contribution is -2.28. The molecule has 0 amide bonds. The highest BCUT2D eigenvalue weighted by Crippen LogP contribution is 2.56. The van der Waals surface area contributed by atoms with E-state index in [9.17, 15) is 0 Å². The Morgan fingerprint density at radius 2 is 0.569 bits per heavy atom. The minimum atomic E-state index is -0.254. The summed E-state index contributed by atoms with van der Waals surface area (Å²) in [6.45, 7) is 37.6. The SMILES string of the molecule is CC.CC.CC.CC.CC.CC.CC1(C)c2ccccc2-c2ccccc21.CCN(C)Cc1ccc2c(c1)C(C)(C)c1ccccc1-2.c1ccc(C2(c3ccccc3)c3ccccc3-c3ccccc32)cc1. The summed E-state index contributed by atoms with van der Waals surface area (Å²) < 4.78 is 0. The summed E-state index contributed by atoms with van der Waals surface area (Å²) in [4.78, 5) is 2.34. The Balaban J connectivity index is 0.000000263. The molecule has 8 aromatic carbocycles. The van der Waals surface area contributed by atoms with Crippen molar-refractivity contribution in [3.05, 3.63) is 250 Å². The normalized spacial score (nSPS) is 12.9. The van der Waals surface area contributed by atoms with Gasteiger partial charge in [-0.15, -0.1) is 0 Å². The van der Waals surface area contributed by atoms with Crippen molar-refractivity contribution in [3.63, 3.8) is 0 Å². The van der Waals surface area contributed by atoms with Gasteiger partial charge >= 0.3 is 0 Å². The van der Waals surface area contributed by atoms with E-state index >= 15 is 0 Å². The zero-order chi connectivity index (χ0) is 53.5. The molecule has 0 saturated heterocycles. The van der Waals surface area contributed by atoms with Crippen LogP contribution in [0.3, 0.4) is 0 Å². The summed E-state index contributed by atoms with van der Waals surface area (Å²) in [6, 6.07) is 72.7. The van der Waals surface area contributed by atoms with Crippen molar-refractivity contribution < 1.29 is 0 Å². The summed E-state index contributed by atoms with van der Waals surface area (Å²) in [7, 11) is 2.17. The van der Waals surface area contributed by atoms with Crippen molar-refractivity contribution in [1.29, 1.82) is 0 Å². The van der Waals surface area contributed by atoms with Gasteiger partial charge in [-0.05, 0) is 97.0 Å². The third-order valence-corrected chi connectivity index (χ3v) is 13.5. The molecule has 0 saturated carbocycles. The summed E-state index contributed by atoms with van der Waals surface area (Å²) in [5.41, 5.74) is 20.9. The van der Waals surface area contributed by atoms with Gasteiger partial charge < -0.3 is 4.90 Å². The van der Waals surface area contributed by atoms with Crippen molar-refractivity contribution >= 4 is 0 Å². The Bertz CT molecular complexity index is 2660. The van der Waals surface area contributed by atoms with Crippen LogP contribution in [0.4, 0.5) is 0 Å². The molecule has 380 valence electrons. The first-order valence-electron chi connectivity index (χ1n) is 27.6. The van der Waals surface area contributed by atoms with Crippen molar-refractivity contribution in [2.24, 2.45) is 0 Å². The quantitative estimate of drug-likeness (QED) is 0.166. The maximum Gasteiger partial charge on any atom is 0.0713 e. The molecule has 0 aromatic heterocycles. The second-order valence-electron chi connectivity index (χ2n) is 17.7. The number of nitrogens with zero attached hydrogens (tertiary/aromatic N) is 1. The highest BCUT2D eigenvalue weighted by molar-refractivity contribution is 5.86. The van der Waals surface area contributed by atoms with Crippen molar-refractivity contribution in [1.82, 2.24) is 4.90 Å². The van der Waals surface area contributed by atoms with Crippen LogP contribution in [0.5, 0.6) is 0 Å². The fourth-order valence-corrected chi connectivity index (χ4v) is 10.3. The molecule has 0 bridgehead atoms. The van der Waals surface area contributed by atoms with Gasteiger partial charge in [-0.2, -0.15) is 0 Å². The molecule has 0 unspecified atom stereocenters. The summed E-state index contributed by atoms with van der Waals surface area (Å²) in [5.74, 6) is 0. The number of hydrogen-bond donors (Lipinski definition) is 0. The molecule has 0 fully saturated rings. The van der Waals surface area contributed by atoms with Crippen LogP contribution in [0, 0.1) is 0 Å². The molecule has 3 aliphatic rings. The molecule has 72 heavy (non-hydrogen) atoms. The van der Waals surface area contributed by atoms with Gasteiger partial charge in [0.2, 0.25) is 0 Å². The smallest absolute Gasteiger partial charge is 0.0713 e. The van der Waals surface area contributed by atoms with Crippen molar-refractivity contribution in [2.75, 3.05) is 13.6 Å². The molecule has 0 radical (unpaired) electrons. The molecule has 0 heterocycles. The third-order valence-electron chi connectivity index (χ3n) is 13.5. The van der Waals surface area contributed by atoms with Gasteiger partial charge in [0, 0.05) is 17.4 Å². The Morgan fingerprint density at radius 3 is 0.903 bits per heavy atom. The van der Waals surface area contributed by atoms with Gasteiger partial charge in [-0.25, -0.2) is 0 Å². The minimum Gasteiger partial charge on any atom is -0.302 e. The number of fused-ring (bicyclic) bond motifs is 9. The first kappa shape index (κ1) is 60.0. The number of rotatable bonds is 5. The number of benzene rings is 8. The van der Waals surface area contributed by atoms with E-state index < -0.39 is 0 Å². The molecule has 1 heteroatoms. The van der Waals surface area contributed by atoms with E-state index in [4.69, 9.17) is 0 Å². The van der Waals surface area contributed by atoms with Crippen LogP contribution in [0.2, 0.25) is 0 Å². The van der Waals surface area contributed by atoms with Crippen LogP contribution in [0.1, 0.15) is 168 Å². The van der Waals surface area contributed by atoms with Crippen molar-refractivity contribution in [3.8, 4) is 33.4 Å². The van der Waals surface area contributed by atoms with E-state index in [0.717, 1.165) is 13.1 Å². The minimum absolute atomic E-state index is 0.118. The molecule has 3 aliphatic carbocycles. The zero-order valence-electron chi connectivity index (χ0n) is 47.9. The zero-order valence-corrected chi connectivity index (χ0v) is 47.9. The van der Waals surface area contributed by atoms with Gasteiger partial charge in [0.15, 0.2) is 0 Å². The lowest BCUT2D eigenvalue weighted by Gasteiger charge is -2.33. The molecule has 0 atom stereocenters. The van der Waals surface area contributed by atoms with Gasteiger partial charge in [-0.3, -0.25) is 0 Å². The average Bonchev–Trinajstić information content (AvgIpc) is 4.00. The van der Waals surface area contributed by atoms with Gasteiger partial charge in [-0.1, -0.05) is 318 Å². The van der Waals surface area contributed by atoms with E-state index in [1.54, 1.807) is 0 Å². The standard InChI is InChI=1S/C25H18.C19H23N.C15H14.6C2H6/c1-3-11-19(12-4-1)25(20-13-5-2-6-14-20)23-17-9-7-15-21(23)22-16-8-10-18-24(22)25;1-5-20(4)13-14-10-11-16-15-8-6-7-9-17(15)19(2,3)18(16)12-14;1-15(2)13-9-5-3-7-11(13)12-8-4-6-10-14(12)15;6*1-2/h1-18H;6-12H,5,13H2,1-4H3;3-10H,1-2H3;6*1-2H3. The van der Waals surface area contributed by atoms with Gasteiger partial charge in [0.1, 0.15) is 0 Å². The van der Waals surface area contributed by atoms with Crippen LogP contribution in [0.25, 0.3) is 33.4 Å². The highest BCUT2D eigenvalue weighted by Gasteiger charge is 2.45. The van der Waals surface area contributed by atoms with E-state index in [2.05, 4.69) is 247 Å². The van der Waals surface area contributed by atoms with Crippen molar-refractivity contribution in [2.45, 2.75) is 140 Å². The lowest BCUT2D eigenvalue weighted by atomic mass is 9.68. The summed E-state index contributed by atoms with van der Waals surface area (Å²) >= 11 is 0. The average molecular weight is 959 g/mol. The molecular formula is C71H91N. The highest BCUT2D eigenvalue weighted by atomic mass is 15.1. The van der Waals surface area contributed by atoms with Crippen LogP contribution >= 0.6 is 0 Å². The Labute approximate surface area is 440 Å². The fraction of sp³-hybridized carbons (Fsp3) is 0.324. The summed E-state index contributed by atoms with van der Waals surface area (Å²) in [6.07, 6.45) is 0. The van der Waals surface area contributed by atoms with Gasteiger partial charge in [0.25, 0.3) is 0 Å². The van der Waals surface area contributed by atoms with Gasteiger partial charge in [0.05, 0.1) is 5.41 Å². The Kier molecular flexibility index (Phi) is 24.4. The molecule has 8 aromatic rings. The van der Waals surface area contributed by atoms with Crippen LogP contribution in [0.15, 0.2) is 200 Å². The Morgan fingerprint density at radius 1 is 0.306 bits per heavy atom. The largest absolute Gasteiger partial charge is 0.302 e. The summed E-state index contributed by atoms with van der Waals surface area (Å²) in [5, 5.41) is 0. The van der Waals surface area contributed by atoms with Crippen LogP contribution in [-0.2, 0) is 22.8 Å². The predicted octanol–water partition coefficient (Wildman–Crippen LogP) is 20.6. The second kappa shape index (κ2) is 29.3. The molecule has 0 N–H and O–H groups in total. The maximum atomic E-state index is 2.40. The molecule has 0 spiro atoms. The van der Waals surface area contributed by atoms with Crippen LogP contribution in [-0.4, -0.2) is 18.5 Å². The fourth-order valence-electron chi connectivity index (χ4n) is 10.3. The lowest BCUT2D eigenvalue weighted by molar-refractivity contribution is 0.345.